The minimum Gasteiger partial charge on any atom is -0.497 e. The lowest BCUT2D eigenvalue weighted by molar-refractivity contribution is -0.137. The Bertz CT molecular complexity index is 1010. The van der Waals surface area contributed by atoms with Gasteiger partial charge in [-0.25, -0.2) is 4.98 Å². The van der Waals surface area contributed by atoms with E-state index in [4.69, 9.17) is 19.1 Å². The lowest BCUT2D eigenvalue weighted by atomic mass is 10.1. The number of aryl methyl sites for hydroxylation is 1. The van der Waals surface area contributed by atoms with Crippen molar-refractivity contribution in [1.82, 2.24) is 4.98 Å². The lowest BCUT2D eigenvalue weighted by Gasteiger charge is -2.08. The minimum absolute atomic E-state index is 0.0683. The van der Waals surface area contributed by atoms with Crippen LogP contribution in [0.4, 0.5) is 13.2 Å². The third kappa shape index (κ3) is 4.87. The first-order valence-electron chi connectivity index (χ1n) is 8.43. The standard InChI is InChI=1S/C20H17F3N2O4/c1-12-18(11-28-17-8-13(10-24-26)7-16(9-17)27-2)25-19(29-12)14-3-5-15(6-4-14)20(21,22)23/h3-10,26H,11H2,1-2H3/b24-10+. The molecule has 0 fully saturated rings. The highest BCUT2D eigenvalue weighted by Crippen LogP contribution is 2.31. The maximum atomic E-state index is 12.7. The second kappa shape index (κ2) is 8.26. The van der Waals surface area contributed by atoms with Crippen LogP contribution in [0.2, 0.25) is 0 Å². The largest absolute Gasteiger partial charge is 0.497 e. The quantitative estimate of drug-likeness (QED) is 0.352. The molecule has 3 aromatic rings. The van der Waals surface area contributed by atoms with Gasteiger partial charge in [-0.1, -0.05) is 5.16 Å². The van der Waals surface area contributed by atoms with Gasteiger partial charge in [-0.15, -0.1) is 0 Å². The number of oxazole rings is 1. The second-order valence-electron chi connectivity index (χ2n) is 6.07. The summed E-state index contributed by atoms with van der Waals surface area (Å²) in [5, 5.41) is 11.7. The maximum absolute atomic E-state index is 12.7. The predicted molar refractivity (Wildman–Crippen MR) is 98.4 cm³/mol. The third-order valence-electron chi connectivity index (χ3n) is 4.07. The number of halogens is 3. The zero-order valence-corrected chi connectivity index (χ0v) is 15.5. The average Bonchev–Trinajstić information content (AvgIpc) is 3.06. The van der Waals surface area contributed by atoms with Crippen molar-refractivity contribution in [2.24, 2.45) is 5.16 Å². The molecular formula is C20H17F3N2O4. The van der Waals surface area contributed by atoms with Crippen molar-refractivity contribution < 1.29 is 32.3 Å². The molecule has 29 heavy (non-hydrogen) atoms. The number of ether oxygens (including phenoxy) is 2. The highest BCUT2D eigenvalue weighted by Gasteiger charge is 2.30. The summed E-state index contributed by atoms with van der Waals surface area (Å²) in [4.78, 5) is 4.32. The molecule has 0 saturated carbocycles. The summed E-state index contributed by atoms with van der Waals surface area (Å²) in [5.41, 5.74) is 0.757. The Hall–Kier alpha value is -3.49. The van der Waals surface area contributed by atoms with Crippen molar-refractivity contribution in [3.8, 4) is 23.0 Å². The van der Waals surface area contributed by atoms with E-state index < -0.39 is 11.7 Å². The first-order valence-corrected chi connectivity index (χ1v) is 8.43. The number of nitrogens with zero attached hydrogens (tertiary/aromatic N) is 2. The van der Waals surface area contributed by atoms with E-state index in [1.807, 2.05) is 0 Å². The van der Waals surface area contributed by atoms with Gasteiger partial charge in [0.25, 0.3) is 0 Å². The molecule has 152 valence electrons. The molecule has 0 bridgehead atoms. The van der Waals surface area contributed by atoms with Crippen molar-refractivity contribution in [3.63, 3.8) is 0 Å². The number of hydrogen-bond donors (Lipinski definition) is 1. The number of rotatable bonds is 6. The average molecular weight is 406 g/mol. The number of methoxy groups -OCH3 is 1. The molecule has 2 aromatic carbocycles. The molecule has 0 atom stereocenters. The van der Waals surface area contributed by atoms with Crippen LogP contribution in [0.1, 0.15) is 22.6 Å². The van der Waals surface area contributed by atoms with E-state index in [1.54, 1.807) is 25.1 Å². The van der Waals surface area contributed by atoms with E-state index >= 15 is 0 Å². The molecule has 6 nitrogen and oxygen atoms in total. The molecule has 3 rings (SSSR count). The fourth-order valence-corrected chi connectivity index (χ4v) is 2.58. The number of hydrogen-bond acceptors (Lipinski definition) is 6. The molecule has 9 heteroatoms. The van der Waals surface area contributed by atoms with E-state index in [9.17, 15) is 13.2 Å². The molecule has 0 aliphatic carbocycles. The first kappa shape index (κ1) is 20.2. The lowest BCUT2D eigenvalue weighted by Crippen LogP contribution is -2.04. The van der Waals surface area contributed by atoms with Crippen molar-refractivity contribution in [3.05, 3.63) is 65.0 Å². The van der Waals surface area contributed by atoms with Crippen LogP contribution in [0.15, 0.2) is 52.0 Å². The number of oxime groups is 1. The Labute approximate surface area is 164 Å². The summed E-state index contributed by atoms with van der Waals surface area (Å²) in [6.07, 6.45) is -3.17. The fourth-order valence-electron chi connectivity index (χ4n) is 2.58. The summed E-state index contributed by atoms with van der Waals surface area (Å²) in [7, 11) is 1.50. The molecule has 0 unspecified atom stereocenters. The highest BCUT2D eigenvalue weighted by atomic mass is 19.4. The van der Waals surface area contributed by atoms with E-state index in [-0.39, 0.29) is 12.5 Å². The van der Waals surface area contributed by atoms with Gasteiger partial charge in [0.2, 0.25) is 5.89 Å². The number of alkyl halides is 3. The van der Waals surface area contributed by atoms with Crippen LogP contribution in [0.25, 0.3) is 11.5 Å². The van der Waals surface area contributed by atoms with Crippen molar-refractivity contribution >= 4 is 6.21 Å². The summed E-state index contributed by atoms with van der Waals surface area (Å²) in [6, 6.07) is 9.53. The Morgan fingerprint density at radius 1 is 1.14 bits per heavy atom. The smallest absolute Gasteiger partial charge is 0.416 e. The molecule has 1 N–H and O–H groups in total. The summed E-state index contributed by atoms with van der Waals surface area (Å²) >= 11 is 0. The minimum atomic E-state index is -4.40. The molecular weight excluding hydrogens is 389 g/mol. The molecule has 0 spiro atoms. The van der Waals surface area contributed by atoms with Crippen molar-refractivity contribution in [2.75, 3.05) is 7.11 Å². The Morgan fingerprint density at radius 2 is 1.83 bits per heavy atom. The van der Waals surface area contributed by atoms with Crippen LogP contribution in [-0.4, -0.2) is 23.5 Å². The van der Waals surface area contributed by atoms with Gasteiger partial charge in [-0.05, 0) is 43.3 Å². The van der Waals surface area contributed by atoms with Crippen LogP contribution < -0.4 is 9.47 Å². The molecule has 1 heterocycles. The van der Waals surface area contributed by atoms with Gasteiger partial charge in [0.15, 0.2) is 0 Å². The van der Waals surface area contributed by atoms with Gasteiger partial charge < -0.3 is 19.1 Å². The molecule has 0 aliphatic heterocycles. The van der Waals surface area contributed by atoms with E-state index in [0.717, 1.165) is 12.1 Å². The monoisotopic (exact) mass is 406 g/mol. The summed E-state index contributed by atoms with van der Waals surface area (Å²) < 4.78 is 54.6. The van der Waals surface area contributed by atoms with E-state index in [0.29, 0.717) is 34.1 Å². The number of aromatic nitrogens is 1. The topological polar surface area (TPSA) is 77.1 Å². The summed E-state index contributed by atoms with van der Waals surface area (Å²) in [6.45, 7) is 1.76. The van der Waals surface area contributed by atoms with Gasteiger partial charge in [-0.2, -0.15) is 13.2 Å². The fraction of sp³-hybridized carbons (Fsp3) is 0.200. The van der Waals surface area contributed by atoms with Crippen LogP contribution >= 0.6 is 0 Å². The highest BCUT2D eigenvalue weighted by molar-refractivity contribution is 5.80. The van der Waals surface area contributed by atoms with Crippen LogP contribution in [0, 0.1) is 6.92 Å². The van der Waals surface area contributed by atoms with Gasteiger partial charge >= 0.3 is 6.18 Å². The maximum Gasteiger partial charge on any atom is 0.416 e. The third-order valence-corrected chi connectivity index (χ3v) is 4.07. The zero-order valence-electron chi connectivity index (χ0n) is 15.5. The molecule has 0 amide bonds. The normalized spacial score (nSPS) is 11.8. The number of benzene rings is 2. The van der Waals surface area contributed by atoms with Crippen molar-refractivity contribution in [2.45, 2.75) is 19.7 Å². The van der Waals surface area contributed by atoms with E-state index in [1.165, 1.54) is 25.5 Å². The second-order valence-corrected chi connectivity index (χ2v) is 6.07. The SMILES string of the molecule is COc1cc(/C=N/O)cc(OCc2nc(-c3ccc(C(F)(F)F)cc3)oc2C)c1. The zero-order chi connectivity index (χ0) is 21.0. The van der Waals surface area contributed by atoms with Crippen molar-refractivity contribution in [1.29, 1.82) is 0 Å². The van der Waals surface area contributed by atoms with Gasteiger partial charge in [0.05, 0.1) is 18.9 Å². The first-order chi connectivity index (χ1) is 13.8. The van der Waals surface area contributed by atoms with Gasteiger partial charge in [0, 0.05) is 17.2 Å². The van der Waals surface area contributed by atoms with Crippen LogP contribution in [0.5, 0.6) is 11.5 Å². The molecule has 1 aromatic heterocycles. The molecule has 0 radical (unpaired) electrons. The molecule has 0 aliphatic rings. The van der Waals surface area contributed by atoms with Gasteiger partial charge in [0.1, 0.15) is 29.6 Å². The van der Waals surface area contributed by atoms with Crippen LogP contribution in [-0.2, 0) is 12.8 Å². The summed E-state index contributed by atoms with van der Waals surface area (Å²) in [5.74, 6) is 1.66. The van der Waals surface area contributed by atoms with Gasteiger partial charge in [-0.3, -0.25) is 0 Å². The Kier molecular flexibility index (Phi) is 5.76. The van der Waals surface area contributed by atoms with E-state index in [2.05, 4.69) is 10.1 Å². The Morgan fingerprint density at radius 3 is 2.45 bits per heavy atom. The Balaban J connectivity index is 1.77. The molecule has 0 saturated heterocycles. The van der Waals surface area contributed by atoms with Crippen LogP contribution in [0.3, 0.4) is 0 Å². The predicted octanol–water partition coefficient (Wildman–Crippen LogP) is 5.06.